The lowest BCUT2D eigenvalue weighted by atomic mass is 9.79. The third kappa shape index (κ3) is 3.58. The van der Waals surface area contributed by atoms with Gasteiger partial charge in [0.2, 0.25) is 5.91 Å². The standard InChI is InChI=1S/C10H18F2N2O3/c11-10(12,7-15)6-14-8(16)9(5-13)1-3-17-4-2-9/h15H,1-7,13H2,(H,14,16). The summed E-state index contributed by atoms with van der Waals surface area (Å²) in [5.74, 6) is -3.78. The van der Waals surface area contributed by atoms with Crippen LogP contribution in [0.3, 0.4) is 0 Å². The van der Waals surface area contributed by atoms with Crippen molar-refractivity contribution < 1.29 is 23.4 Å². The lowest BCUT2D eigenvalue weighted by Gasteiger charge is -2.34. The van der Waals surface area contributed by atoms with Crippen molar-refractivity contribution in [2.75, 3.05) is 32.9 Å². The number of carbonyl (C=O) groups is 1. The second-order valence-corrected chi connectivity index (χ2v) is 4.29. The minimum Gasteiger partial charge on any atom is -0.390 e. The van der Waals surface area contributed by atoms with Crippen LogP contribution in [0.1, 0.15) is 12.8 Å². The largest absolute Gasteiger partial charge is 0.390 e. The molecule has 0 atom stereocenters. The summed E-state index contributed by atoms with van der Waals surface area (Å²) >= 11 is 0. The third-order valence-electron chi connectivity index (χ3n) is 3.06. The molecule has 0 saturated carbocycles. The number of alkyl halides is 2. The minimum absolute atomic E-state index is 0.104. The van der Waals surface area contributed by atoms with Crippen LogP contribution in [-0.4, -0.2) is 49.8 Å². The van der Waals surface area contributed by atoms with Crippen molar-refractivity contribution in [1.82, 2.24) is 5.32 Å². The van der Waals surface area contributed by atoms with Gasteiger partial charge in [0.25, 0.3) is 5.92 Å². The molecule has 0 radical (unpaired) electrons. The molecule has 1 rings (SSSR count). The summed E-state index contributed by atoms with van der Waals surface area (Å²) in [6, 6.07) is 0. The van der Waals surface area contributed by atoms with Gasteiger partial charge in [-0.2, -0.15) is 0 Å². The number of nitrogens with two attached hydrogens (primary N) is 1. The van der Waals surface area contributed by atoms with Crippen molar-refractivity contribution in [3.05, 3.63) is 0 Å². The topological polar surface area (TPSA) is 84.6 Å². The third-order valence-corrected chi connectivity index (χ3v) is 3.06. The first-order valence-electron chi connectivity index (χ1n) is 5.51. The van der Waals surface area contributed by atoms with Gasteiger partial charge in [-0.3, -0.25) is 4.79 Å². The van der Waals surface area contributed by atoms with Gasteiger partial charge >= 0.3 is 0 Å². The maximum Gasteiger partial charge on any atom is 0.287 e. The summed E-state index contributed by atoms with van der Waals surface area (Å²) in [5.41, 5.74) is 4.74. The number of amides is 1. The Morgan fingerprint density at radius 1 is 1.47 bits per heavy atom. The van der Waals surface area contributed by atoms with E-state index in [0.717, 1.165) is 0 Å². The van der Waals surface area contributed by atoms with Gasteiger partial charge in [0.15, 0.2) is 0 Å². The van der Waals surface area contributed by atoms with Gasteiger partial charge in [-0.15, -0.1) is 0 Å². The fraction of sp³-hybridized carbons (Fsp3) is 0.900. The van der Waals surface area contributed by atoms with Crippen LogP contribution in [0, 0.1) is 5.41 Å². The summed E-state index contributed by atoms with van der Waals surface area (Å²) in [7, 11) is 0. The molecule has 1 aliphatic rings. The zero-order chi connectivity index (χ0) is 12.9. The second-order valence-electron chi connectivity index (χ2n) is 4.29. The molecule has 0 aromatic heterocycles. The number of hydrogen-bond donors (Lipinski definition) is 3. The van der Waals surface area contributed by atoms with Gasteiger partial charge in [-0.1, -0.05) is 0 Å². The van der Waals surface area contributed by atoms with E-state index in [2.05, 4.69) is 5.32 Å². The number of aliphatic hydroxyl groups excluding tert-OH is 1. The molecule has 17 heavy (non-hydrogen) atoms. The number of halogens is 2. The number of aliphatic hydroxyl groups is 1. The van der Waals surface area contributed by atoms with Crippen LogP contribution in [0.2, 0.25) is 0 Å². The van der Waals surface area contributed by atoms with Crippen molar-refractivity contribution in [3.8, 4) is 0 Å². The lowest BCUT2D eigenvalue weighted by Crippen LogP contribution is -2.51. The lowest BCUT2D eigenvalue weighted by molar-refractivity contribution is -0.138. The number of nitrogens with one attached hydrogen (secondary N) is 1. The van der Waals surface area contributed by atoms with E-state index >= 15 is 0 Å². The molecule has 0 unspecified atom stereocenters. The Labute approximate surface area is 98.3 Å². The molecule has 1 fully saturated rings. The van der Waals surface area contributed by atoms with E-state index in [0.29, 0.717) is 26.1 Å². The summed E-state index contributed by atoms with van der Waals surface area (Å²) in [4.78, 5) is 11.9. The van der Waals surface area contributed by atoms with Crippen LogP contribution in [0.15, 0.2) is 0 Å². The first kappa shape index (κ1) is 14.3. The first-order valence-corrected chi connectivity index (χ1v) is 5.51. The predicted molar refractivity (Wildman–Crippen MR) is 56.6 cm³/mol. The molecule has 100 valence electrons. The van der Waals surface area contributed by atoms with Gasteiger partial charge in [0.1, 0.15) is 6.61 Å². The Balaban J connectivity index is 2.55. The average Bonchev–Trinajstić information content (AvgIpc) is 2.37. The van der Waals surface area contributed by atoms with Crippen LogP contribution in [0.4, 0.5) is 8.78 Å². The quantitative estimate of drug-likeness (QED) is 0.615. The molecule has 0 aliphatic carbocycles. The van der Waals surface area contributed by atoms with E-state index in [1.165, 1.54) is 0 Å². The highest BCUT2D eigenvalue weighted by Gasteiger charge is 2.40. The molecule has 1 saturated heterocycles. The molecule has 0 bridgehead atoms. The molecule has 0 aromatic carbocycles. The molecule has 1 amide bonds. The van der Waals surface area contributed by atoms with Crippen molar-refractivity contribution in [1.29, 1.82) is 0 Å². The van der Waals surface area contributed by atoms with Gasteiger partial charge in [0.05, 0.1) is 12.0 Å². The predicted octanol–water partition coefficient (Wildman–Crippen LogP) is -0.514. The van der Waals surface area contributed by atoms with E-state index in [4.69, 9.17) is 15.6 Å². The van der Waals surface area contributed by atoms with Crippen molar-refractivity contribution in [3.63, 3.8) is 0 Å². The Kier molecular flexibility index (Phi) is 4.79. The Hall–Kier alpha value is -0.790. The second kappa shape index (κ2) is 5.70. The van der Waals surface area contributed by atoms with E-state index in [9.17, 15) is 13.6 Å². The summed E-state index contributed by atoms with van der Waals surface area (Å²) in [6.07, 6.45) is 0.861. The number of hydrogen-bond acceptors (Lipinski definition) is 4. The van der Waals surface area contributed by atoms with Crippen LogP contribution in [0.5, 0.6) is 0 Å². The maximum absolute atomic E-state index is 12.8. The number of ether oxygens (including phenoxy) is 1. The zero-order valence-electron chi connectivity index (χ0n) is 9.55. The summed E-state index contributed by atoms with van der Waals surface area (Å²) < 4.78 is 30.7. The Morgan fingerprint density at radius 2 is 2.06 bits per heavy atom. The fourth-order valence-corrected chi connectivity index (χ4v) is 1.74. The van der Waals surface area contributed by atoms with E-state index in [-0.39, 0.29) is 6.54 Å². The smallest absolute Gasteiger partial charge is 0.287 e. The first-order chi connectivity index (χ1) is 7.96. The van der Waals surface area contributed by atoms with E-state index in [1.54, 1.807) is 0 Å². The summed E-state index contributed by atoms with van der Waals surface area (Å²) in [6.45, 7) is -1.24. The normalized spacial score (nSPS) is 20.0. The number of carbonyl (C=O) groups excluding carboxylic acids is 1. The molecular weight excluding hydrogens is 234 g/mol. The zero-order valence-corrected chi connectivity index (χ0v) is 9.55. The molecule has 1 aliphatic heterocycles. The highest BCUT2D eigenvalue weighted by atomic mass is 19.3. The van der Waals surface area contributed by atoms with Crippen LogP contribution in [-0.2, 0) is 9.53 Å². The minimum atomic E-state index is -3.30. The Bertz CT molecular complexity index is 268. The summed E-state index contributed by atoms with van der Waals surface area (Å²) in [5, 5.41) is 10.5. The monoisotopic (exact) mass is 252 g/mol. The molecular formula is C10H18F2N2O3. The molecule has 1 heterocycles. The average molecular weight is 252 g/mol. The van der Waals surface area contributed by atoms with Crippen LogP contribution in [0.25, 0.3) is 0 Å². The molecule has 7 heteroatoms. The van der Waals surface area contributed by atoms with Crippen LogP contribution < -0.4 is 11.1 Å². The van der Waals surface area contributed by atoms with E-state index in [1.807, 2.05) is 0 Å². The van der Waals surface area contributed by atoms with Crippen molar-refractivity contribution in [2.45, 2.75) is 18.8 Å². The van der Waals surface area contributed by atoms with Gasteiger partial charge in [0, 0.05) is 19.8 Å². The van der Waals surface area contributed by atoms with Crippen LogP contribution >= 0.6 is 0 Å². The van der Waals surface area contributed by atoms with E-state index < -0.39 is 30.4 Å². The van der Waals surface area contributed by atoms with Gasteiger partial charge < -0.3 is 20.9 Å². The van der Waals surface area contributed by atoms with Crippen molar-refractivity contribution in [2.24, 2.45) is 11.1 Å². The molecule has 4 N–H and O–H groups in total. The van der Waals surface area contributed by atoms with Gasteiger partial charge in [-0.25, -0.2) is 8.78 Å². The molecule has 0 aromatic rings. The molecule has 0 spiro atoms. The molecule has 5 nitrogen and oxygen atoms in total. The SMILES string of the molecule is NCC1(C(=O)NCC(F)(F)CO)CCOCC1. The Morgan fingerprint density at radius 3 is 2.53 bits per heavy atom. The highest BCUT2D eigenvalue weighted by molar-refractivity contribution is 5.83. The van der Waals surface area contributed by atoms with Gasteiger partial charge in [-0.05, 0) is 12.8 Å². The van der Waals surface area contributed by atoms with Crippen molar-refractivity contribution >= 4 is 5.91 Å². The number of rotatable bonds is 5. The maximum atomic E-state index is 12.8. The fourth-order valence-electron chi connectivity index (χ4n) is 1.74. The highest BCUT2D eigenvalue weighted by Crippen LogP contribution is 2.29.